The molecule has 5 heteroatoms. The van der Waals surface area contributed by atoms with Crippen molar-refractivity contribution in [2.75, 3.05) is 20.2 Å². The van der Waals surface area contributed by atoms with E-state index in [1.165, 1.54) is 36.8 Å². The van der Waals surface area contributed by atoms with Crippen LogP contribution in [0.25, 0.3) is 0 Å². The molecule has 2 fully saturated rings. The lowest BCUT2D eigenvalue weighted by Crippen LogP contribution is -2.55. The second-order valence-corrected chi connectivity index (χ2v) is 8.46. The average molecular weight is 358 g/mol. The van der Waals surface area contributed by atoms with Gasteiger partial charge in [-0.1, -0.05) is 32.3 Å². The summed E-state index contributed by atoms with van der Waals surface area (Å²) in [6.07, 6.45) is 7.01. The molecule has 1 aliphatic heterocycles. The fourth-order valence-corrected chi connectivity index (χ4v) is 5.00. The molecule has 0 aromatic heterocycles. The number of hydrogen-bond acceptors (Lipinski definition) is 4. The van der Waals surface area contributed by atoms with Crippen molar-refractivity contribution in [2.45, 2.75) is 63.0 Å². The average Bonchev–Trinajstić information content (AvgIpc) is 2.58. The van der Waals surface area contributed by atoms with Gasteiger partial charge in [0, 0.05) is 18.6 Å². The predicted octanol–water partition coefficient (Wildman–Crippen LogP) is 3.24. The first-order valence-corrected chi connectivity index (χ1v) is 9.90. The van der Waals surface area contributed by atoms with Gasteiger partial charge in [0.1, 0.15) is 5.75 Å². The summed E-state index contributed by atoms with van der Waals surface area (Å²) in [5, 5.41) is 0. The highest BCUT2D eigenvalue weighted by Crippen LogP contribution is 2.46. The maximum atomic E-state index is 12.3. The lowest BCUT2D eigenvalue weighted by atomic mass is 9.60. The van der Waals surface area contributed by atoms with Gasteiger partial charge in [0.15, 0.2) is 0 Å². The third-order valence-electron chi connectivity index (χ3n) is 6.84. The molecule has 1 aromatic carbocycles. The van der Waals surface area contributed by atoms with Gasteiger partial charge in [0.2, 0.25) is 0 Å². The van der Waals surface area contributed by atoms with E-state index in [2.05, 4.69) is 19.1 Å². The Morgan fingerprint density at radius 2 is 2.08 bits per heavy atom. The van der Waals surface area contributed by atoms with Crippen molar-refractivity contribution >= 4 is 6.09 Å². The molecule has 3 atom stereocenters. The predicted molar refractivity (Wildman–Crippen MR) is 100 cm³/mol. The first-order chi connectivity index (χ1) is 12.5. The number of amides is 1. The second kappa shape index (κ2) is 6.86. The molecular weight excluding hydrogens is 328 g/mol. The Labute approximate surface area is 155 Å². The van der Waals surface area contributed by atoms with Crippen LogP contribution in [0.5, 0.6) is 5.75 Å². The Kier molecular flexibility index (Phi) is 4.70. The summed E-state index contributed by atoms with van der Waals surface area (Å²) < 4.78 is 10.9. The molecule has 0 spiro atoms. The van der Waals surface area contributed by atoms with Gasteiger partial charge in [-0.2, -0.15) is 0 Å². The zero-order chi connectivity index (χ0) is 18.3. The van der Waals surface area contributed by atoms with E-state index in [1.807, 2.05) is 6.07 Å². The van der Waals surface area contributed by atoms with Crippen molar-refractivity contribution < 1.29 is 14.3 Å². The van der Waals surface area contributed by atoms with Crippen LogP contribution in [0, 0.1) is 5.92 Å². The Balaban J connectivity index is 1.56. The van der Waals surface area contributed by atoms with Gasteiger partial charge in [-0.25, -0.2) is 4.79 Å². The van der Waals surface area contributed by atoms with Crippen molar-refractivity contribution in [1.29, 1.82) is 0 Å². The SMILES string of the molecule is COC1CN(C(=O)Oc2ccc3c(c2)[C@@]2(C)CCCCC[C@@H](C3)[C@@H]2N)C1. The first kappa shape index (κ1) is 17.8. The van der Waals surface area contributed by atoms with Crippen LogP contribution in [0.1, 0.15) is 50.2 Å². The van der Waals surface area contributed by atoms with Crippen molar-refractivity contribution in [1.82, 2.24) is 4.90 Å². The molecule has 0 unspecified atom stereocenters. The Bertz CT molecular complexity index is 686. The number of carbonyl (C=O) groups excluding carboxylic acids is 1. The van der Waals surface area contributed by atoms with Crippen LogP contribution in [0.2, 0.25) is 0 Å². The molecule has 3 aliphatic rings. The molecule has 1 amide bonds. The second-order valence-electron chi connectivity index (χ2n) is 8.46. The summed E-state index contributed by atoms with van der Waals surface area (Å²) in [4.78, 5) is 14.0. The molecule has 5 nitrogen and oxygen atoms in total. The molecule has 0 radical (unpaired) electrons. The summed E-state index contributed by atoms with van der Waals surface area (Å²) in [5.41, 5.74) is 9.37. The lowest BCUT2D eigenvalue weighted by molar-refractivity contribution is -0.0173. The van der Waals surface area contributed by atoms with Crippen LogP contribution in [0.15, 0.2) is 18.2 Å². The summed E-state index contributed by atoms with van der Waals surface area (Å²) in [5.74, 6) is 1.19. The van der Waals surface area contributed by atoms with E-state index in [1.54, 1.807) is 12.0 Å². The summed E-state index contributed by atoms with van der Waals surface area (Å²) in [7, 11) is 1.67. The maximum absolute atomic E-state index is 12.3. The fourth-order valence-electron chi connectivity index (χ4n) is 5.00. The van der Waals surface area contributed by atoms with E-state index in [9.17, 15) is 4.79 Å². The number of carbonyl (C=O) groups is 1. The third-order valence-corrected chi connectivity index (χ3v) is 6.84. The van der Waals surface area contributed by atoms with Crippen molar-refractivity contribution in [2.24, 2.45) is 11.7 Å². The van der Waals surface area contributed by atoms with Gasteiger partial charge in [-0.15, -0.1) is 0 Å². The summed E-state index contributed by atoms with van der Waals surface area (Å²) >= 11 is 0. The largest absolute Gasteiger partial charge is 0.415 e. The number of hydrogen-bond donors (Lipinski definition) is 1. The van der Waals surface area contributed by atoms with E-state index >= 15 is 0 Å². The molecule has 26 heavy (non-hydrogen) atoms. The number of methoxy groups -OCH3 is 1. The number of nitrogens with zero attached hydrogens (tertiary/aromatic N) is 1. The number of nitrogens with two attached hydrogens (primary N) is 1. The zero-order valence-corrected chi connectivity index (χ0v) is 15.9. The molecule has 1 aromatic rings. The minimum atomic E-state index is -0.293. The van der Waals surface area contributed by atoms with Gasteiger partial charge in [-0.3, -0.25) is 0 Å². The standard InChI is InChI=1S/C21H30N2O3/c1-21-9-5-3-4-6-15(19(21)22)10-14-7-8-16(11-18(14)21)26-20(24)23-12-17(13-23)25-2/h7-8,11,15,17,19H,3-6,9-10,12-13,22H2,1-2H3/t15-,19-,21+/m0/s1. The lowest BCUT2D eigenvalue weighted by Gasteiger charge is -2.47. The van der Waals surface area contributed by atoms with Gasteiger partial charge in [-0.05, 0) is 48.4 Å². The monoisotopic (exact) mass is 358 g/mol. The minimum Gasteiger partial charge on any atom is -0.410 e. The smallest absolute Gasteiger partial charge is 0.410 e. The highest BCUT2D eigenvalue weighted by atomic mass is 16.6. The van der Waals surface area contributed by atoms with E-state index in [0.29, 0.717) is 24.8 Å². The van der Waals surface area contributed by atoms with Gasteiger partial charge < -0.3 is 20.1 Å². The first-order valence-electron chi connectivity index (χ1n) is 9.90. The topological polar surface area (TPSA) is 64.8 Å². The van der Waals surface area contributed by atoms with Gasteiger partial charge in [0.25, 0.3) is 0 Å². The van der Waals surface area contributed by atoms with Crippen LogP contribution in [0.4, 0.5) is 4.79 Å². The number of likely N-dealkylation sites (tertiary alicyclic amines) is 1. The molecule has 142 valence electrons. The molecule has 1 saturated heterocycles. The Morgan fingerprint density at radius 3 is 2.85 bits per heavy atom. The summed E-state index contributed by atoms with van der Waals surface area (Å²) in [6.45, 7) is 3.51. The molecule has 2 bridgehead atoms. The van der Waals surface area contributed by atoms with Crippen molar-refractivity contribution in [3.05, 3.63) is 29.3 Å². The van der Waals surface area contributed by atoms with Crippen LogP contribution in [0.3, 0.4) is 0 Å². The van der Waals surface area contributed by atoms with E-state index < -0.39 is 0 Å². The quantitative estimate of drug-likeness (QED) is 0.881. The molecular formula is C21H30N2O3. The fraction of sp³-hybridized carbons (Fsp3) is 0.667. The zero-order valence-electron chi connectivity index (χ0n) is 15.9. The maximum Gasteiger partial charge on any atom is 0.415 e. The van der Waals surface area contributed by atoms with E-state index in [4.69, 9.17) is 15.2 Å². The van der Waals surface area contributed by atoms with E-state index in [0.717, 1.165) is 12.8 Å². The Morgan fingerprint density at radius 1 is 1.27 bits per heavy atom. The highest BCUT2D eigenvalue weighted by Gasteiger charge is 2.44. The number of ether oxygens (including phenoxy) is 2. The van der Waals surface area contributed by atoms with Crippen LogP contribution in [-0.4, -0.2) is 43.3 Å². The molecule has 4 rings (SSSR count). The van der Waals surface area contributed by atoms with Crippen molar-refractivity contribution in [3.8, 4) is 5.75 Å². The van der Waals surface area contributed by atoms with Crippen LogP contribution >= 0.6 is 0 Å². The van der Waals surface area contributed by atoms with Gasteiger partial charge in [0.05, 0.1) is 19.2 Å². The van der Waals surface area contributed by atoms with Gasteiger partial charge >= 0.3 is 6.09 Å². The Hall–Kier alpha value is -1.59. The summed E-state index contributed by atoms with van der Waals surface area (Å²) in [6, 6.07) is 6.33. The normalized spacial score (nSPS) is 31.4. The molecule has 2 aliphatic carbocycles. The highest BCUT2D eigenvalue weighted by molar-refractivity contribution is 5.72. The molecule has 1 saturated carbocycles. The molecule has 2 N–H and O–H groups in total. The van der Waals surface area contributed by atoms with E-state index in [-0.39, 0.29) is 23.7 Å². The minimum absolute atomic E-state index is 0.0288. The third kappa shape index (κ3) is 3.01. The van der Waals surface area contributed by atoms with Crippen LogP contribution in [-0.2, 0) is 16.6 Å². The van der Waals surface area contributed by atoms with Crippen molar-refractivity contribution in [3.63, 3.8) is 0 Å². The van der Waals surface area contributed by atoms with Crippen LogP contribution < -0.4 is 10.5 Å². The number of fused-ring (bicyclic) bond motifs is 4. The number of benzene rings is 1. The molecule has 1 heterocycles. The number of rotatable bonds is 2.